The maximum atomic E-state index is 13.9. The van der Waals surface area contributed by atoms with Crippen LogP contribution in [-0.2, 0) is 30.0 Å². The number of halogens is 5. The molecule has 0 aliphatic heterocycles. The first-order chi connectivity index (χ1) is 46.1. The summed E-state index contributed by atoms with van der Waals surface area (Å²) in [5.41, 5.74) is -0.576. The standard InChI is InChI=1S/2C18H15P.C17H9F2NO3.C10H5BrF2O3.C7H5BNO2.2C2H4O2.Pd/c2*1-4-10-16(11-5-1)19(17-12-6-2-7-13-17)18-14-8-3-9-15-18;1-8-11-6-12(18)15(21)14(19)16(11)23-17(22)13(8)10-4-2-3-9(5-10)7-20;1-3-4-2-5(12)8(14)7(13)9(4)16-10(15)6(3)11;9-5-6-2-1-3-7(4-6)11-8-10;2*1-2(3)4;/h2*1-15H;2-6,21H,1H3;2,14H,1H3;1-4,10H;2*1H3,(H,3,4);. The number of carbonyl (C=O) groups is 2. The van der Waals surface area contributed by atoms with Gasteiger partial charge in [-0.25, -0.2) is 18.4 Å². The van der Waals surface area contributed by atoms with Gasteiger partial charge in [0.1, 0.15) is 10.2 Å². The Morgan fingerprint density at radius 1 is 0.485 bits per heavy atom. The third kappa shape index (κ3) is 22.1. The predicted octanol–water partition coefficient (Wildman–Crippen LogP) is 14.0. The molecule has 2 aromatic heterocycles. The normalized spacial score (nSPS) is 9.96. The second-order valence-corrected chi connectivity index (χ2v) is 25.0. The zero-order chi connectivity index (χ0) is 69.8. The fraction of sp³-hybridized carbons (Fsp3) is 0.0541. The molecule has 97 heavy (non-hydrogen) atoms. The number of nitrogens with zero attached hydrogens (tertiary/aromatic N) is 2. The molecule has 1 radical (unpaired) electrons. The Balaban J connectivity index is 0.000000215. The monoisotopic (exact) mass is 1500 g/mol. The summed E-state index contributed by atoms with van der Waals surface area (Å²) in [6.07, 6.45) is 0. The maximum Gasteiger partial charge on any atom is 0.569 e. The average Bonchev–Trinajstić information content (AvgIpc) is 0.774. The fourth-order valence-electron chi connectivity index (χ4n) is 8.91. The number of aryl methyl sites for hydroxylation is 2. The van der Waals surface area contributed by atoms with E-state index in [0.29, 0.717) is 41.3 Å². The van der Waals surface area contributed by atoms with Gasteiger partial charge in [-0.1, -0.05) is 200 Å². The maximum absolute atomic E-state index is 13.9. The van der Waals surface area contributed by atoms with Crippen molar-refractivity contribution >= 4 is 105 Å². The number of carboxylic acids is 2. The fourth-order valence-corrected chi connectivity index (χ4v) is 13.8. The van der Waals surface area contributed by atoms with Gasteiger partial charge >= 0.3 is 18.9 Å². The van der Waals surface area contributed by atoms with Crippen LogP contribution in [0.15, 0.2) is 266 Å². The van der Waals surface area contributed by atoms with Gasteiger partial charge in [0, 0.05) is 45.0 Å². The Bertz CT molecular complexity index is 4470. The van der Waals surface area contributed by atoms with E-state index < -0.39 is 85.0 Å². The second kappa shape index (κ2) is 38.9. The number of phenolic OH excluding ortho intramolecular Hbond substituents is 2. The summed E-state index contributed by atoms with van der Waals surface area (Å²) in [6, 6.07) is 83.1. The van der Waals surface area contributed by atoms with E-state index in [1.165, 1.54) is 57.8 Å². The summed E-state index contributed by atoms with van der Waals surface area (Å²) >= 11 is 2.95. The van der Waals surface area contributed by atoms with Gasteiger partial charge in [-0.3, -0.25) is 9.59 Å². The average molecular weight is 1500 g/mol. The van der Waals surface area contributed by atoms with Crippen LogP contribution in [0.1, 0.15) is 36.1 Å². The molecule has 12 aromatic rings. The van der Waals surface area contributed by atoms with Crippen LogP contribution in [0.25, 0.3) is 33.1 Å². The topological polar surface area (TPSA) is 253 Å². The zero-order valence-electron chi connectivity index (χ0n) is 51.8. The first-order valence-electron chi connectivity index (χ1n) is 28.5. The van der Waals surface area contributed by atoms with E-state index in [1.54, 1.807) is 36.4 Å². The minimum atomic E-state index is -1.32. The van der Waals surface area contributed by atoms with Crippen molar-refractivity contribution < 1.29 is 86.5 Å². The molecule has 493 valence electrons. The number of rotatable bonds is 9. The van der Waals surface area contributed by atoms with Crippen molar-refractivity contribution in [1.29, 1.82) is 10.5 Å². The van der Waals surface area contributed by atoms with Gasteiger partial charge < -0.3 is 38.9 Å². The van der Waals surface area contributed by atoms with Crippen molar-refractivity contribution in [2.45, 2.75) is 27.7 Å². The molecule has 12 rings (SSSR count). The van der Waals surface area contributed by atoms with Crippen LogP contribution in [0.5, 0.6) is 17.2 Å². The number of fused-ring (bicyclic) bond motifs is 2. The molecule has 0 fully saturated rings. The van der Waals surface area contributed by atoms with E-state index in [2.05, 4.69) is 207 Å². The molecule has 0 amide bonds. The number of benzene rings is 10. The van der Waals surface area contributed by atoms with Gasteiger partial charge in [0.25, 0.3) is 11.9 Å². The Morgan fingerprint density at radius 2 is 0.794 bits per heavy atom. The molecule has 14 nitrogen and oxygen atoms in total. The van der Waals surface area contributed by atoms with E-state index >= 15 is 0 Å². The van der Waals surface area contributed by atoms with Gasteiger partial charge in [-0.05, 0) is 137 Å². The summed E-state index contributed by atoms with van der Waals surface area (Å²) < 4.78 is 68.3. The molecule has 0 aliphatic carbocycles. The van der Waals surface area contributed by atoms with Gasteiger partial charge in [0.05, 0.1) is 28.8 Å². The Kier molecular flexibility index (Phi) is 31.0. The van der Waals surface area contributed by atoms with Gasteiger partial charge in [-0.2, -0.15) is 19.3 Å². The number of aliphatic carboxylic acids is 2. The summed E-state index contributed by atoms with van der Waals surface area (Å²) in [5, 5.41) is 67.3. The van der Waals surface area contributed by atoms with Gasteiger partial charge in [-0.15, -0.1) is 0 Å². The minimum Gasteiger partial charge on any atom is -0.537 e. The van der Waals surface area contributed by atoms with E-state index in [0.717, 1.165) is 26.0 Å². The quantitative estimate of drug-likeness (QED) is 0.0390. The first-order valence-corrected chi connectivity index (χ1v) is 31.9. The summed E-state index contributed by atoms with van der Waals surface area (Å²) in [4.78, 5) is 41.5. The van der Waals surface area contributed by atoms with Crippen molar-refractivity contribution in [1.82, 2.24) is 0 Å². The first kappa shape index (κ1) is 77.4. The molecule has 0 saturated heterocycles. The molecule has 0 aliphatic rings. The van der Waals surface area contributed by atoms with Crippen LogP contribution >= 0.6 is 31.8 Å². The summed E-state index contributed by atoms with van der Waals surface area (Å²) in [7, 11) is -0.312. The smallest absolute Gasteiger partial charge is 0.537 e. The molecule has 0 spiro atoms. The minimum absolute atomic E-state index is 0. The molecule has 0 bridgehead atoms. The van der Waals surface area contributed by atoms with Crippen LogP contribution in [0.3, 0.4) is 0 Å². The van der Waals surface area contributed by atoms with Crippen LogP contribution < -0.4 is 47.7 Å². The zero-order valence-corrected chi connectivity index (χ0v) is 56.7. The van der Waals surface area contributed by atoms with Crippen molar-refractivity contribution in [3.63, 3.8) is 0 Å². The third-order valence-electron chi connectivity index (χ3n) is 13.1. The summed E-state index contributed by atoms with van der Waals surface area (Å²) in [6.45, 7) is 5.20. The molecular weight excluding hydrogens is 1440 g/mol. The SMILES string of the molecule is CC(=O)O.CC(=O)O.Cc1c(-c2cccc(C#N)c2)c(=O)oc2c(F)c(O)c(F)cc12.Cc1c(Br)c(=O)oc2c(F)c(O)c(F)cc12.N#Cc1cccc(O[B]O)c1.[Pd].c1ccc(P(c2ccccc2)c2ccccc2)cc1.c1ccc(P(c2ccccc2)c2ccccc2)cc1. The number of nitriles is 2. The Morgan fingerprint density at radius 3 is 1.12 bits per heavy atom. The van der Waals surface area contributed by atoms with Gasteiger partial charge in [0.15, 0.2) is 34.3 Å². The predicted molar refractivity (Wildman–Crippen MR) is 372 cm³/mol. The van der Waals surface area contributed by atoms with Crippen molar-refractivity contribution in [2.75, 3.05) is 0 Å². The molecule has 0 unspecified atom stereocenters. The van der Waals surface area contributed by atoms with E-state index in [1.807, 2.05) is 12.1 Å². The number of phenols is 2. The molecular formula is C74H57BBrF4N2O12P2Pd. The van der Waals surface area contributed by atoms with Crippen molar-refractivity contribution in [2.24, 2.45) is 0 Å². The molecule has 5 N–H and O–H groups in total. The van der Waals surface area contributed by atoms with Crippen LogP contribution in [0.4, 0.5) is 17.6 Å². The van der Waals surface area contributed by atoms with Crippen LogP contribution in [0.2, 0.25) is 0 Å². The van der Waals surface area contributed by atoms with Crippen LogP contribution in [-0.4, -0.2) is 45.1 Å². The number of hydrogen-bond acceptors (Lipinski definition) is 12. The number of carboxylic acid groups (broad SMARTS) is 2. The van der Waals surface area contributed by atoms with E-state index in [4.69, 9.17) is 44.9 Å². The Hall–Kier alpha value is -10.3. The largest absolute Gasteiger partial charge is 0.569 e. The summed E-state index contributed by atoms with van der Waals surface area (Å²) in [5.74, 6) is -8.42. The Labute approximate surface area is 580 Å². The molecule has 0 saturated carbocycles. The van der Waals surface area contributed by atoms with Crippen LogP contribution in [0, 0.1) is 59.8 Å². The van der Waals surface area contributed by atoms with Gasteiger partial charge in [0.2, 0.25) is 11.6 Å². The number of hydrogen-bond donors (Lipinski definition) is 5. The van der Waals surface area contributed by atoms with E-state index in [9.17, 15) is 32.3 Å². The molecule has 0 atom stereocenters. The second-order valence-electron chi connectivity index (χ2n) is 19.8. The molecule has 10 aromatic carbocycles. The van der Waals surface area contributed by atoms with Crippen molar-refractivity contribution in [3.05, 3.63) is 313 Å². The molecule has 23 heteroatoms. The number of aromatic hydroxyl groups is 2. The van der Waals surface area contributed by atoms with E-state index in [-0.39, 0.29) is 41.2 Å². The van der Waals surface area contributed by atoms with Crippen molar-refractivity contribution in [3.8, 4) is 40.5 Å². The molecule has 2 heterocycles. The third-order valence-corrected chi connectivity index (χ3v) is 18.9.